The molecule has 0 N–H and O–H groups in total. The average Bonchev–Trinajstić information content (AvgIpc) is 3.22. The number of rotatable bonds is 3. The second-order valence-electron chi connectivity index (χ2n) is 8.20. The molecule has 5 rings (SSSR count). The molecule has 0 aliphatic carbocycles. The van der Waals surface area contributed by atoms with Crippen LogP contribution in [-0.2, 0) is 17.4 Å². The van der Waals surface area contributed by atoms with Crippen molar-refractivity contribution in [3.8, 4) is 0 Å². The molecule has 8 heteroatoms. The first-order valence-corrected chi connectivity index (χ1v) is 10.6. The van der Waals surface area contributed by atoms with E-state index in [9.17, 15) is 18.0 Å². The number of benzene rings is 2. The van der Waals surface area contributed by atoms with Gasteiger partial charge in [-0.3, -0.25) is 9.20 Å². The van der Waals surface area contributed by atoms with E-state index in [2.05, 4.69) is 10.2 Å². The van der Waals surface area contributed by atoms with Gasteiger partial charge in [-0.15, -0.1) is 10.2 Å². The van der Waals surface area contributed by atoms with Gasteiger partial charge in [-0.25, -0.2) is 0 Å². The molecule has 0 bridgehead atoms. The molecule has 164 valence electrons. The Morgan fingerprint density at radius 1 is 1.03 bits per heavy atom. The van der Waals surface area contributed by atoms with Crippen LogP contribution in [0.15, 0.2) is 60.8 Å². The summed E-state index contributed by atoms with van der Waals surface area (Å²) in [5, 5.41) is 10.3. The highest BCUT2D eigenvalue weighted by atomic mass is 19.4. The van der Waals surface area contributed by atoms with Gasteiger partial charge in [0.2, 0.25) is 5.91 Å². The molecule has 0 unspecified atom stereocenters. The molecule has 32 heavy (non-hydrogen) atoms. The maximum atomic E-state index is 13.2. The van der Waals surface area contributed by atoms with Crippen LogP contribution in [0.5, 0.6) is 0 Å². The van der Waals surface area contributed by atoms with E-state index in [1.165, 1.54) is 10.5 Å². The van der Waals surface area contributed by atoms with E-state index in [1.54, 1.807) is 4.90 Å². The first kappa shape index (κ1) is 20.5. The summed E-state index contributed by atoms with van der Waals surface area (Å²) < 4.78 is 40.9. The molecule has 3 heterocycles. The summed E-state index contributed by atoms with van der Waals surface area (Å²) in [6.45, 7) is 1.05. The number of fused-ring (bicyclic) bond motifs is 2. The summed E-state index contributed by atoms with van der Waals surface area (Å²) in [6.07, 6.45) is -1.61. The maximum absolute atomic E-state index is 13.2. The van der Waals surface area contributed by atoms with Gasteiger partial charge in [-0.1, -0.05) is 42.5 Å². The van der Waals surface area contributed by atoms with Crippen molar-refractivity contribution in [3.05, 3.63) is 77.7 Å². The van der Waals surface area contributed by atoms with Crippen molar-refractivity contribution in [2.45, 2.75) is 31.4 Å². The number of nitrogens with zero attached hydrogens (tertiary/aromatic N) is 4. The van der Waals surface area contributed by atoms with Crippen LogP contribution in [0.2, 0.25) is 0 Å². The number of likely N-dealkylation sites (tertiary alicyclic amines) is 1. The van der Waals surface area contributed by atoms with Crippen molar-refractivity contribution in [3.63, 3.8) is 0 Å². The summed E-state index contributed by atoms with van der Waals surface area (Å²) in [7, 11) is 0. The van der Waals surface area contributed by atoms with Gasteiger partial charge in [0.15, 0.2) is 5.65 Å². The lowest BCUT2D eigenvalue weighted by Gasteiger charge is -2.32. The van der Waals surface area contributed by atoms with Crippen molar-refractivity contribution in [2.24, 2.45) is 0 Å². The molecule has 1 amide bonds. The Bertz CT molecular complexity index is 1290. The van der Waals surface area contributed by atoms with Gasteiger partial charge >= 0.3 is 6.18 Å². The molecule has 1 aliphatic rings. The molecule has 1 fully saturated rings. The predicted molar refractivity (Wildman–Crippen MR) is 114 cm³/mol. The number of carbonyl (C=O) groups is 1. The minimum absolute atomic E-state index is 0.0101. The lowest BCUT2D eigenvalue weighted by Crippen LogP contribution is -2.40. The average molecular weight is 438 g/mol. The molecular formula is C24H21F3N4O. The number of alkyl halides is 3. The third kappa shape index (κ3) is 3.81. The second-order valence-corrected chi connectivity index (χ2v) is 8.20. The monoisotopic (exact) mass is 438 g/mol. The molecule has 0 saturated carbocycles. The van der Waals surface area contributed by atoms with Crippen LogP contribution in [0, 0.1) is 0 Å². The van der Waals surface area contributed by atoms with E-state index in [-0.39, 0.29) is 18.2 Å². The van der Waals surface area contributed by atoms with Crippen LogP contribution in [0.25, 0.3) is 16.4 Å². The van der Waals surface area contributed by atoms with Crippen molar-refractivity contribution >= 4 is 22.3 Å². The van der Waals surface area contributed by atoms with Crippen molar-refractivity contribution in [1.82, 2.24) is 19.5 Å². The summed E-state index contributed by atoms with van der Waals surface area (Å²) in [5.74, 6) is 0.309. The normalized spacial score (nSPS) is 17.2. The zero-order valence-corrected chi connectivity index (χ0v) is 17.2. The molecule has 5 nitrogen and oxygen atoms in total. The second kappa shape index (κ2) is 7.93. The summed E-state index contributed by atoms with van der Waals surface area (Å²) in [5.41, 5.74) is 0.593. The van der Waals surface area contributed by atoms with Crippen LogP contribution in [0.4, 0.5) is 13.2 Å². The van der Waals surface area contributed by atoms with Gasteiger partial charge < -0.3 is 4.90 Å². The molecule has 1 atom stereocenters. The molecule has 2 aromatic heterocycles. The quantitative estimate of drug-likeness (QED) is 0.460. The molecule has 1 saturated heterocycles. The third-order valence-electron chi connectivity index (χ3n) is 6.12. The third-order valence-corrected chi connectivity index (χ3v) is 6.12. The van der Waals surface area contributed by atoms with E-state index in [0.29, 0.717) is 24.6 Å². The Hall–Kier alpha value is -3.42. The minimum atomic E-state index is -4.44. The number of piperidine rings is 1. The van der Waals surface area contributed by atoms with E-state index < -0.39 is 11.7 Å². The highest BCUT2D eigenvalue weighted by molar-refractivity contribution is 5.90. The number of carbonyl (C=O) groups excluding carboxylic acids is 1. The highest BCUT2D eigenvalue weighted by Crippen LogP contribution is 2.31. The smallest absolute Gasteiger partial charge is 0.342 e. The van der Waals surface area contributed by atoms with E-state index >= 15 is 0 Å². The Morgan fingerprint density at radius 2 is 1.84 bits per heavy atom. The first-order chi connectivity index (χ1) is 15.4. The van der Waals surface area contributed by atoms with Gasteiger partial charge in [0.25, 0.3) is 0 Å². The number of halogens is 3. The fourth-order valence-corrected chi connectivity index (χ4v) is 4.49. The molecule has 2 aromatic carbocycles. The zero-order chi connectivity index (χ0) is 22.3. The number of pyridine rings is 1. The topological polar surface area (TPSA) is 50.5 Å². The lowest BCUT2D eigenvalue weighted by molar-refractivity contribution is -0.137. The Morgan fingerprint density at radius 3 is 2.69 bits per heavy atom. The lowest BCUT2D eigenvalue weighted by atomic mass is 9.96. The van der Waals surface area contributed by atoms with Gasteiger partial charge in [-0.2, -0.15) is 13.2 Å². The van der Waals surface area contributed by atoms with Crippen LogP contribution < -0.4 is 0 Å². The number of amides is 1. The van der Waals surface area contributed by atoms with E-state index in [4.69, 9.17) is 0 Å². The van der Waals surface area contributed by atoms with Gasteiger partial charge in [0.05, 0.1) is 12.0 Å². The van der Waals surface area contributed by atoms with E-state index in [0.717, 1.165) is 41.4 Å². The van der Waals surface area contributed by atoms with Crippen LogP contribution in [0.1, 0.15) is 35.7 Å². The van der Waals surface area contributed by atoms with Crippen molar-refractivity contribution < 1.29 is 18.0 Å². The summed E-state index contributed by atoms with van der Waals surface area (Å²) in [6, 6.07) is 16.2. The minimum Gasteiger partial charge on any atom is -0.342 e. The largest absolute Gasteiger partial charge is 0.417 e. The SMILES string of the molecule is O=C(Cc1cccc2ccccc12)N1CCC[C@@H](c2nnc3ccc(C(F)(F)F)cn23)C1. The summed E-state index contributed by atoms with van der Waals surface area (Å²) >= 11 is 0. The van der Waals surface area contributed by atoms with Crippen LogP contribution in [0.3, 0.4) is 0 Å². The standard InChI is InChI=1S/C24H21F3N4O/c25-24(26,27)19-10-11-21-28-29-23(31(21)15-19)18-8-4-12-30(14-18)22(32)13-17-7-3-6-16-5-1-2-9-20(16)17/h1-3,5-7,9-11,15,18H,4,8,12-14H2/t18-/m1/s1. The number of hydrogen-bond acceptors (Lipinski definition) is 3. The van der Waals surface area contributed by atoms with E-state index in [1.807, 2.05) is 42.5 Å². The molecule has 4 aromatic rings. The van der Waals surface area contributed by atoms with Crippen molar-refractivity contribution in [1.29, 1.82) is 0 Å². The van der Waals surface area contributed by atoms with Crippen LogP contribution in [-0.4, -0.2) is 38.5 Å². The molecular weight excluding hydrogens is 417 g/mol. The Balaban J connectivity index is 1.38. The highest BCUT2D eigenvalue weighted by Gasteiger charge is 2.32. The summed E-state index contributed by atoms with van der Waals surface area (Å²) in [4.78, 5) is 14.9. The number of hydrogen-bond donors (Lipinski definition) is 0. The first-order valence-electron chi connectivity index (χ1n) is 10.6. The Labute approximate surface area is 182 Å². The Kier molecular flexibility index (Phi) is 5.07. The molecule has 0 spiro atoms. The predicted octanol–water partition coefficient (Wildman–Crippen LogP) is 4.85. The van der Waals surface area contributed by atoms with Crippen molar-refractivity contribution in [2.75, 3.05) is 13.1 Å². The van der Waals surface area contributed by atoms with Gasteiger partial charge in [-0.05, 0) is 41.3 Å². The van der Waals surface area contributed by atoms with Crippen LogP contribution >= 0.6 is 0 Å². The zero-order valence-electron chi connectivity index (χ0n) is 17.2. The molecule has 1 aliphatic heterocycles. The number of aromatic nitrogens is 3. The van der Waals surface area contributed by atoms with Gasteiger partial charge in [0.1, 0.15) is 5.82 Å². The maximum Gasteiger partial charge on any atom is 0.417 e. The fraction of sp³-hybridized carbons (Fsp3) is 0.292. The fourth-order valence-electron chi connectivity index (χ4n) is 4.49. The molecule has 0 radical (unpaired) electrons. The van der Waals surface area contributed by atoms with Gasteiger partial charge in [0, 0.05) is 25.2 Å².